The molecular weight excluding hydrogens is 232 g/mol. The second-order valence-electron chi connectivity index (χ2n) is 4.70. The average Bonchev–Trinajstić information content (AvgIpc) is 2.96. The van der Waals surface area contributed by atoms with E-state index in [0.29, 0.717) is 25.2 Å². The number of carbonyl (C=O) groups is 1. The molecule has 1 aromatic rings. The summed E-state index contributed by atoms with van der Waals surface area (Å²) in [4.78, 5) is 11.8. The highest BCUT2D eigenvalue weighted by Crippen LogP contribution is 2.44. The van der Waals surface area contributed by atoms with E-state index in [1.807, 2.05) is 0 Å². The van der Waals surface area contributed by atoms with Crippen molar-refractivity contribution in [1.82, 2.24) is 0 Å². The first kappa shape index (κ1) is 11.5. The van der Waals surface area contributed by atoms with Crippen molar-refractivity contribution in [3.05, 3.63) is 22.3 Å². The fourth-order valence-electron chi connectivity index (χ4n) is 2.95. The molecule has 0 saturated carbocycles. The van der Waals surface area contributed by atoms with Gasteiger partial charge in [-0.1, -0.05) is 0 Å². The van der Waals surface area contributed by atoms with Crippen LogP contribution in [0.4, 0.5) is 0 Å². The minimum absolute atomic E-state index is 0.0328. The van der Waals surface area contributed by atoms with Gasteiger partial charge in [-0.25, -0.2) is 0 Å². The van der Waals surface area contributed by atoms with E-state index in [0.717, 1.165) is 41.0 Å². The molecule has 4 nitrogen and oxygen atoms in total. The molecule has 0 bridgehead atoms. The van der Waals surface area contributed by atoms with Crippen LogP contribution in [0.5, 0.6) is 11.5 Å². The van der Waals surface area contributed by atoms with Crippen LogP contribution in [-0.4, -0.2) is 30.7 Å². The van der Waals surface area contributed by atoms with Crippen LogP contribution in [0.1, 0.15) is 34.0 Å². The van der Waals surface area contributed by atoms with Crippen molar-refractivity contribution < 1.29 is 19.4 Å². The normalized spacial score (nSPS) is 15.9. The molecule has 96 valence electrons. The van der Waals surface area contributed by atoms with Crippen LogP contribution in [0.15, 0.2) is 0 Å². The van der Waals surface area contributed by atoms with Crippen molar-refractivity contribution in [1.29, 1.82) is 0 Å². The van der Waals surface area contributed by atoms with Gasteiger partial charge in [-0.2, -0.15) is 0 Å². The predicted molar refractivity (Wildman–Crippen MR) is 65.6 cm³/mol. The van der Waals surface area contributed by atoms with Crippen LogP contribution in [-0.2, 0) is 19.3 Å². The van der Waals surface area contributed by atoms with Gasteiger partial charge in [0.2, 0.25) is 0 Å². The van der Waals surface area contributed by atoms with E-state index < -0.39 is 0 Å². The minimum Gasteiger partial charge on any atom is -0.493 e. The number of benzene rings is 1. The van der Waals surface area contributed by atoms with Crippen LogP contribution in [0, 0.1) is 0 Å². The molecule has 2 aliphatic heterocycles. The molecule has 0 unspecified atom stereocenters. The smallest absolute Gasteiger partial charge is 0.163 e. The van der Waals surface area contributed by atoms with Gasteiger partial charge >= 0.3 is 0 Å². The van der Waals surface area contributed by atoms with E-state index in [9.17, 15) is 9.90 Å². The Kier molecular flexibility index (Phi) is 2.74. The van der Waals surface area contributed by atoms with Gasteiger partial charge in [-0.3, -0.25) is 4.79 Å². The summed E-state index contributed by atoms with van der Waals surface area (Å²) >= 11 is 0. The summed E-state index contributed by atoms with van der Waals surface area (Å²) in [5.41, 5.74) is 3.74. The summed E-state index contributed by atoms with van der Waals surface area (Å²) in [5, 5.41) is 9.20. The van der Waals surface area contributed by atoms with Crippen molar-refractivity contribution in [2.75, 3.05) is 19.8 Å². The molecule has 0 spiro atoms. The van der Waals surface area contributed by atoms with Crippen molar-refractivity contribution in [2.45, 2.75) is 26.2 Å². The van der Waals surface area contributed by atoms with Crippen LogP contribution < -0.4 is 9.47 Å². The number of ketones is 1. The highest BCUT2D eigenvalue weighted by molar-refractivity contribution is 6.00. The molecule has 0 atom stereocenters. The van der Waals surface area contributed by atoms with Crippen molar-refractivity contribution >= 4 is 5.78 Å². The Morgan fingerprint density at radius 3 is 2.50 bits per heavy atom. The van der Waals surface area contributed by atoms with E-state index in [4.69, 9.17) is 9.47 Å². The van der Waals surface area contributed by atoms with Gasteiger partial charge in [-0.05, 0) is 13.3 Å². The number of rotatable bonds is 3. The molecule has 0 fully saturated rings. The van der Waals surface area contributed by atoms with Crippen molar-refractivity contribution in [2.24, 2.45) is 0 Å². The van der Waals surface area contributed by atoms with Gasteiger partial charge in [0.25, 0.3) is 0 Å². The number of Topliss-reactive ketones (excluding diaryl/α,β-unsaturated/α-hetero) is 1. The zero-order valence-electron chi connectivity index (χ0n) is 10.4. The van der Waals surface area contributed by atoms with Crippen LogP contribution in [0.2, 0.25) is 0 Å². The van der Waals surface area contributed by atoms with Gasteiger partial charge in [-0.15, -0.1) is 0 Å². The lowest BCUT2D eigenvalue weighted by atomic mass is 9.91. The van der Waals surface area contributed by atoms with E-state index in [2.05, 4.69) is 0 Å². The van der Waals surface area contributed by atoms with Gasteiger partial charge in [0.15, 0.2) is 5.78 Å². The van der Waals surface area contributed by atoms with Gasteiger partial charge in [0.05, 0.1) is 18.8 Å². The first-order chi connectivity index (χ1) is 8.74. The molecule has 0 amide bonds. The number of aliphatic hydroxyl groups is 1. The molecule has 1 N–H and O–H groups in total. The Labute approximate surface area is 106 Å². The Hall–Kier alpha value is -1.55. The van der Waals surface area contributed by atoms with E-state index in [1.165, 1.54) is 0 Å². The first-order valence-electron chi connectivity index (χ1n) is 6.32. The highest BCUT2D eigenvalue weighted by Gasteiger charge is 2.32. The molecule has 1 aromatic carbocycles. The number of aliphatic hydroxyl groups excluding tert-OH is 1. The maximum absolute atomic E-state index is 11.8. The summed E-state index contributed by atoms with van der Waals surface area (Å²) in [6.07, 6.45) is 2.10. The molecule has 0 radical (unpaired) electrons. The SMILES string of the molecule is CC(=O)c1c2c(c(CCO)c3c1OCC3)OCC2. The number of hydrogen-bond acceptors (Lipinski definition) is 4. The average molecular weight is 248 g/mol. The van der Waals surface area contributed by atoms with Crippen LogP contribution in [0.3, 0.4) is 0 Å². The lowest BCUT2D eigenvalue weighted by molar-refractivity contribution is 0.101. The number of hydrogen-bond donors (Lipinski definition) is 1. The minimum atomic E-state index is 0.0328. The molecule has 2 heterocycles. The first-order valence-corrected chi connectivity index (χ1v) is 6.32. The zero-order chi connectivity index (χ0) is 12.7. The molecule has 2 aliphatic rings. The standard InChI is InChI=1S/C14H16O4/c1-8(16)12-11-4-7-17-13(11)9(2-5-15)10-3-6-18-14(10)12/h15H,2-7H2,1H3. The third-order valence-corrected chi connectivity index (χ3v) is 3.63. The lowest BCUT2D eigenvalue weighted by Gasteiger charge is -2.15. The summed E-state index contributed by atoms with van der Waals surface area (Å²) in [6.45, 7) is 2.87. The fraction of sp³-hybridized carbons (Fsp3) is 0.500. The molecule has 3 rings (SSSR count). The van der Waals surface area contributed by atoms with Gasteiger partial charge < -0.3 is 14.6 Å². The number of ether oxygens (including phenoxy) is 2. The van der Waals surface area contributed by atoms with E-state index in [-0.39, 0.29) is 12.4 Å². The van der Waals surface area contributed by atoms with Crippen molar-refractivity contribution in [3.63, 3.8) is 0 Å². The lowest BCUT2D eigenvalue weighted by Crippen LogP contribution is -2.05. The van der Waals surface area contributed by atoms with Gasteiger partial charge in [0.1, 0.15) is 11.5 Å². The molecule has 0 aromatic heterocycles. The topological polar surface area (TPSA) is 55.8 Å². The Morgan fingerprint density at radius 1 is 1.17 bits per heavy atom. The molecule has 0 saturated heterocycles. The molecule has 18 heavy (non-hydrogen) atoms. The number of carbonyl (C=O) groups excluding carboxylic acids is 1. The third-order valence-electron chi connectivity index (χ3n) is 3.63. The molecular formula is C14H16O4. The molecule has 4 heteroatoms. The summed E-state index contributed by atoms with van der Waals surface area (Å²) in [7, 11) is 0. The summed E-state index contributed by atoms with van der Waals surface area (Å²) in [6, 6.07) is 0. The maximum atomic E-state index is 11.8. The largest absolute Gasteiger partial charge is 0.493 e. The highest BCUT2D eigenvalue weighted by atomic mass is 16.5. The second kappa shape index (κ2) is 4.28. The summed E-state index contributed by atoms with van der Waals surface area (Å²) < 4.78 is 11.3. The second-order valence-corrected chi connectivity index (χ2v) is 4.70. The van der Waals surface area contributed by atoms with Crippen LogP contribution in [0.25, 0.3) is 0 Å². The Bertz CT molecular complexity index is 484. The Balaban J connectivity index is 2.28. The van der Waals surface area contributed by atoms with Gasteiger partial charge in [0, 0.05) is 36.1 Å². The summed E-state index contributed by atoms with van der Waals surface area (Å²) in [5.74, 6) is 1.58. The number of fused-ring (bicyclic) bond motifs is 2. The predicted octanol–water partition coefficient (Wildman–Crippen LogP) is 1.29. The zero-order valence-corrected chi connectivity index (χ0v) is 10.4. The fourth-order valence-corrected chi connectivity index (χ4v) is 2.95. The monoisotopic (exact) mass is 248 g/mol. The van der Waals surface area contributed by atoms with Crippen LogP contribution >= 0.6 is 0 Å². The third kappa shape index (κ3) is 1.52. The van der Waals surface area contributed by atoms with E-state index in [1.54, 1.807) is 6.92 Å². The Morgan fingerprint density at radius 2 is 1.83 bits per heavy atom. The maximum Gasteiger partial charge on any atom is 0.163 e. The quantitative estimate of drug-likeness (QED) is 0.819. The molecule has 0 aliphatic carbocycles. The van der Waals surface area contributed by atoms with Crippen molar-refractivity contribution in [3.8, 4) is 11.5 Å². The van der Waals surface area contributed by atoms with E-state index >= 15 is 0 Å².